The Bertz CT molecular complexity index is 901. The molecule has 0 bridgehead atoms. The zero-order chi connectivity index (χ0) is 15.0. The molecule has 21 heavy (non-hydrogen) atoms. The van der Waals surface area contributed by atoms with E-state index in [4.69, 9.17) is 27.6 Å². The molecule has 0 saturated carbocycles. The first-order valence-corrected chi connectivity index (χ1v) is 6.54. The van der Waals surface area contributed by atoms with E-state index in [1.807, 2.05) is 0 Å². The van der Waals surface area contributed by atoms with Crippen LogP contribution >= 0.6 is 23.2 Å². The minimum atomic E-state index is -0.558. The van der Waals surface area contributed by atoms with Crippen molar-refractivity contribution in [1.29, 1.82) is 0 Å². The van der Waals surface area contributed by atoms with Gasteiger partial charge in [-0.3, -0.25) is 9.78 Å². The Morgan fingerprint density at radius 1 is 1.29 bits per heavy atom. The molecule has 2 N–H and O–H groups in total. The first kappa shape index (κ1) is 13.7. The first-order valence-electron chi connectivity index (χ1n) is 5.78. The lowest BCUT2D eigenvalue weighted by Gasteiger charge is -2.06. The average molecular weight is 324 g/mol. The zero-order valence-electron chi connectivity index (χ0n) is 10.3. The van der Waals surface area contributed by atoms with Gasteiger partial charge in [0.05, 0.1) is 16.1 Å². The molecule has 0 fully saturated rings. The van der Waals surface area contributed by atoms with Crippen molar-refractivity contribution in [2.75, 3.05) is 5.32 Å². The summed E-state index contributed by atoms with van der Waals surface area (Å²) in [5.41, 5.74) is 1.57. The average Bonchev–Trinajstić information content (AvgIpc) is 2.80. The minimum absolute atomic E-state index is 0.166. The zero-order valence-corrected chi connectivity index (χ0v) is 11.8. The Labute approximate surface area is 127 Å². The normalized spacial score (nSPS) is 10.8. The molecule has 1 amide bonds. The number of carbonyl (C=O) groups excluding carboxylic acids is 1. The number of aromatic amines is 1. The summed E-state index contributed by atoms with van der Waals surface area (Å²) in [6.07, 6.45) is 1.30. The fourth-order valence-electron chi connectivity index (χ4n) is 1.82. The number of benzene rings is 1. The lowest BCUT2D eigenvalue weighted by molar-refractivity contribution is 0.102. The second-order valence-electron chi connectivity index (χ2n) is 4.17. The summed E-state index contributed by atoms with van der Waals surface area (Å²) < 4.78 is 4.88. The fourth-order valence-corrected chi connectivity index (χ4v) is 2.16. The Morgan fingerprint density at radius 3 is 2.90 bits per heavy atom. The van der Waals surface area contributed by atoms with E-state index >= 15 is 0 Å². The van der Waals surface area contributed by atoms with E-state index in [1.165, 1.54) is 12.3 Å². The van der Waals surface area contributed by atoms with Gasteiger partial charge in [-0.05, 0) is 24.3 Å². The lowest BCUT2D eigenvalue weighted by Crippen LogP contribution is -2.12. The predicted molar refractivity (Wildman–Crippen MR) is 79.0 cm³/mol. The van der Waals surface area contributed by atoms with Gasteiger partial charge >= 0.3 is 5.76 Å². The number of halogens is 2. The largest absolute Gasteiger partial charge is 0.417 e. The van der Waals surface area contributed by atoms with Crippen LogP contribution in [0, 0.1) is 0 Å². The maximum absolute atomic E-state index is 12.2. The molecule has 1 aromatic carbocycles. The van der Waals surface area contributed by atoms with Crippen molar-refractivity contribution in [1.82, 2.24) is 9.97 Å². The van der Waals surface area contributed by atoms with Crippen LogP contribution in [0.1, 0.15) is 10.4 Å². The van der Waals surface area contributed by atoms with Crippen LogP contribution in [0.15, 0.2) is 39.7 Å². The highest BCUT2D eigenvalue weighted by atomic mass is 35.5. The van der Waals surface area contributed by atoms with Crippen LogP contribution < -0.4 is 11.1 Å². The highest BCUT2D eigenvalue weighted by molar-refractivity contribution is 6.35. The number of oxazole rings is 1. The number of rotatable bonds is 2. The molecule has 3 aromatic rings. The van der Waals surface area contributed by atoms with Gasteiger partial charge in [-0.1, -0.05) is 23.2 Å². The SMILES string of the molecule is O=C(Nc1ccc2oc(=O)[nH]c2c1)c1cc(Cl)ncc1Cl. The molecule has 0 saturated heterocycles. The smallest absolute Gasteiger partial charge is 0.408 e. The molecule has 0 aliphatic heterocycles. The summed E-state index contributed by atoms with van der Waals surface area (Å²) in [6.45, 7) is 0. The molecule has 3 rings (SSSR count). The van der Waals surface area contributed by atoms with Crippen LogP contribution in [0.4, 0.5) is 5.69 Å². The van der Waals surface area contributed by atoms with Crippen molar-refractivity contribution >= 4 is 45.9 Å². The van der Waals surface area contributed by atoms with E-state index in [1.54, 1.807) is 18.2 Å². The van der Waals surface area contributed by atoms with Crippen molar-refractivity contribution in [3.8, 4) is 0 Å². The Kier molecular flexibility index (Phi) is 3.40. The number of H-pyrrole nitrogens is 1. The number of nitrogens with zero attached hydrogens (tertiary/aromatic N) is 1. The molecule has 0 atom stereocenters. The van der Waals surface area contributed by atoms with E-state index in [0.29, 0.717) is 16.8 Å². The highest BCUT2D eigenvalue weighted by Crippen LogP contribution is 2.21. The van der Waals surface area contributed by atoms with E-state index in [9.17, 15) is 9.59 Å². The van der Waals surface area contributed by atoms with Crippen molar-refractivity contribution in [2.45, 2.75) is 0 Å². The van der Waals surface area contributed by atoms with E-state index in [0.717, 1.165) is 0 Å². The predicted octanol–water partition coefficient (Wildman–Crippen LogP) is 3.08. The molecule has 0 radical (unpaired) electrons. The molecule has 0 aliphatic rings. The third-order valence-corrected chi connectivity index (χ3v) is 3.25. The number of amides is 1. The van der Waals surface area contributed by atoms with Gasteiger partial charge < -0.3 is 9.73 Å². The fraction of sp³-hybridized carbons (Fsp3) is 0. The molecule has 6 nitrogen and oxygen atoms in total. The molecule has 2 aromatic heterocycles. The lowest BCUT2D eigenvalue weighted by atomic mass is 10.2. The van der Waals surface area contributed by atoms with Gasteiger partial charge in [-0.25, -0.2) is 9.78 Å². The van der Waals surface area contributed by atoms with Gasteiger partial charge in [-0.15, -0.1) is 0 Å². The summed E-state index contributed by atoms with van der Waals surface area (Å²) >= 11 is 11.7. The Balaban J connectivity index is 1.92. The van der Waals surface area contributed by atoms with E-state index in [-0.39, 0.29) is 15.7 Å². The first-order chi connectivity index (χ1) is 10.0. The Hall–Kier alpha value is -2.31. The molecule has 106 valence electrons. The van der Waals surface area contributed by atoms with Crippen molar-refractivity contribution in [3.05, 3.63) is 56.8 Å². The van der Waals surface area contributed by atoms with Crippen molar-refractivity contribution in [2.24, 2.45) is 0 Å². The van der Waals surface area contributed by atoms with Crippen LogP contribution in [-0.4, -0.2) is 15.9 Å². The van der Waals surface area contributed by atoms with Crippen LogP contribution in [0.5, 0.6) is 0 Å². The molecule has 8 heteroatoms. The number of pyridine rings is 1. The number of nitrogens with one attached hydrogen (secondary N) is 2. The van der Waals surface area contributed by atoms with Gasteiger partial charge in [0, 0.05) is 11.9 Å². The van der Waals surface area contributed by atoms with Gasteiger partial charge in [0.25, 0.3) is 5.91 Å². The maximum atomic E-state index is 12.2. The quantitative estimate of drug-likeness (QED) is 0.709. The van der Waals surface area contributed by atoms with Crippen LogP contribution in [-0.2, 0) is 0 Å². The van der Waals surface area contributed by atoms with E-state index < -0.39 is 11.7 Å². The molecule has 0 unspecified atom stereocenters. The Morgan fingerprint density at radius 2 is 2.10 bits per heavy atom. The summed E-state index contributed by atoms with van der Waals surface area (Å²) in [5, 5.41) is 3.01. The number of fused-ring (bicyclic) bond motifs is 1. The summed E-state index contributed by atoms with van der Waals surface area (Å²) in [6, 6.07) is 6.13. The van der Waals surface area contributed by atoms with Gasteiger partial charge in [0.2, 0.25) is 0 Å². The third kappa shape index (κ3) is 2.76. The number of hydrogen-bond donors (Lipinski definition) is 2. The van der Waals surface area contributed by atoms with E-state index in [2.05, 4.69) is 15.3 Å². The van der Waals surface area contributed by atoms with Crippen molar-refractivity contribution < 1.29 is 9.21 Å². The standard InChI is InChI=1S/C13H7Cl2N3O3/c14-8-5-16-11(15)4-7(8)12(19)17-6-1-2-10-9(3-6)18-13(20)21-10/h1-5H,(H,17,19)(H,18,20). The summed E-state index contributed by atoms with van der Waals surface area (Å²) in [7, 11) is 0. The molecule has 0 aliphatic carbocycles. The monoisotopic (exact) mass is 323 g/mol. The number of aromatic nitrogens is 2. The van der Waals surface area contributed by atoms with Crippen molar-refractivity contribution in [3.63, 3.8) is 0 Å². The molecule has 0 spiro atoms. The number of anilines is 1. The molecule has 2 heterocycles. The second-order valence-corrected chi connectivity index (χ2v) is 4.96. The van der Waals surface area contributed by atoms with Crippen LogP contribution in [0.3, 0.4) is 0 Å². The van der Waals surface area contributed by atoms with Gasteiger partial charge in [-0.2, -0.15) is 0 Å². The van der Waals surface area contributed by atoms with Gasteiger partial charge in [0.15, 0.2) is 5.58 Å². The maximum Gasteiger partial charge on any atom is 0.417 e. The van der Waals surface area contributed by atoms with Gasteiger partial charge in [0.1, 0.15) is 5.15 Å². The second kappa shape index (κ2) is 5.23. The number of carbonyl (C=O) groups is 1. The highest BCUT2D eigenvalue weighted by Gasteiger charge is 2.12. The van der Waals surface area contributed by atoms with Crippen LogP contribution in [0.2, 0.25) is 10.2 Å². The minimum Gasteiger partial charge on any atom is -0.408 e. The summed E-state index contributed by atoms with van der Waals surface area (Å²) in [4.78, 5) is 29.5. The topological polar surface area (TPSA) is 88.0 Å². The number of hydrogen-bond acceptors (Lipinski definition) is 4. The third-order valence-electron chi connectivity index (χ3n) is 2.74. The molecular formula is C13H7Cl2N3O3. The molecular weight excluding hydrogens is 317 g/mol. The van der Waals surface area contributed by atoms with Crippen LogP contribution in [0.25, 0.3) is 11.1 Å². The summed E-state index contributed by atoms with van der Waals surface area (Å²) in [5.74, 6) is -0.994.